The fourth-order valence-corrected chi connectivity index (χ4v) is 5.08. The molecule has 0 amide bonds. The van der Waals surface area contributed by atoms with Crippen LogP contribution in [0.4, 0.5) is 0 Å². The topological polar surface area (TPSA) is 19.0 Å². The molecule has 1 N–H and O–H groups in total. The van der Waals surface area contributed by atoms with E-state index in [1.807, 2.05) is 0 Å². The van der Waals surface area contributed by atoms with Gasteiger partial charge in [-0.25, -0.2) is 0 Å². The molecule has 0 spiro atoms. The Bertz CT molecular complexity index is 739. The molecule has 1 saturated heterocycles. The molecule has 1 aliphatic carbocycles. The summed E-state index contributed by atoms with van der Waals surface area (Å²) >= 11 is 0. The highest BCUT2D eigenvalue weighted by molar-refractivity contribution is 5.85. The minimum Gasteiger partial charge on any atom is -0.357 e. The fourth-order valence-electron chi connectivity index (χ4n) is 5.08. The number of nitrogens with one attached hydrogen (secondary N) is 1. The SMILES string of the molecule is CC1=CC[C@H]2[C@H](C1)CN1CCc3c([nH]c4ccccc34)[C@H]21. The van der Waals surface area contributed by atoms with E-state index in [-0.39, 0.29) is 0 Å². The lowest BCUT2D eigenvalue weighted by atomic mass is 9.77. The molecule has 108 valence electrons. The van der Waals surface area contributed by atoms with Gasteiger partial charge < -0.3 is 4.98 Å². The van der Waals surface area contributed by atoms with Crippen molar-refractivity contribution in [1.29, 1.82) is 0 Å². The van der Waals surface area contributed by atoms with Gasteiger partial charge in [-0.3, -0.25) is 4.90 Å². The van der Waals surface area contributed by atoms with Gasteiger partial charge in [-0.1, -0.05) is 29.8 Å². The van der Waals surface area contributed by atoms with Crippen molar-refractivity contribution < 1.29 is 0 Å². The number of aromatic nitrogens is 1. The van der Waals surface area contributed by atoms with Crippen LogP contribution in [0.3, 0.4) is 0 Å². The Morgan fingerprint density at radius 2 is 2.14 bits per heavy atom. The van der Waals surface area contributed by atoms with E-state index < -0.39 is 0 Å². The van der Waals surface area contributed by atoms with Crippen molar-refractivity contribution in [1.82, 2.24) is 9.88 Å². The first-order valence-corrected chi connectivity index (χ1v) is 8.30. The van der Waals surface area contributed by atoms with Crippen LogP contribution >= 0.6 is 0 Å². The van der Waals surface area contributed by atoms with Crippen LogP contribution in [0, 0.1) is 11.8 Å². The molecule has 1 aromatic carbocycles. The second-order valence-corrected chi connectivity index (χ2v) is 7.17. The molecule has 0 bridgehead atoms. The standard InChI is InChI=1S/C19H22N2/c1-12-6-7-14-13(10-12)11-21-9-8-16-15-4-2-3-5-17(15)20-18(16)19(14)21/h2-6,13-14,19-20H,7-11H2,1H3/t13-,14+,19+/m1/s1. The van der Waals surface area contributed by atoms with Crippen molar-refractivity contribution in [3.05, 3.63) is 47.2 Å². The summed E-state index contributed by atoms with van der Waals surface area (Å²) in [5.74, 6) is 1.69. The van der Waals surface area contributed by atoms with Crippen molar-refractivity contribution in [3.63, 3.8) is 0 Å². The summed E-state index contributed by atoms with van der Waals surface area (Å²) < 4.78 is 0. The second kappa shape index (κ2) is 4.23. The normalized spacial score (nSPS) is 31.7. The van der Waals surface area contributed by atoms with Crippen LogP contribution in [0.2, 0.25) is 0 Å². The molecule has 2 heteroatoms. The Labute approximate surface area is 125 Å². The number of hydrogen-bond donors (Lipinski definition) is 1. The van der Waals surface area contributed by atoms with Gasteiger partial charge in [0.2, 0.25) is 0 Å². The minimum atomic E-state index is 0.635. The van der Waals surface area contributed by atoms with Crippen molar-refractivity contribution in [3.8, 4) is 0 Å². The molecule has 0 unspecified atom stereocenters. The van der Waals surface area contributed by atoms with Gasteiger partial charge in [-0.2, -0.15) is 0 Å². The molecule has 1 aromatic heterocycles. The van der Waals surface area contributed by atoms with E-state index in [0.29, 0.717) is 6.04 Å². The van der Waals surface area contributed by atoms with Crippen LogP contribution in [-0.2, 0) is 6.42 Å². The Balaban J connectivity index is 1.64. The Morgan fingerprint density at radius 1 is 1.24 bits per heavy atom. The Kier molecular flexibility index (Phi) is 2.43. The van der Waals surface area contributed by atoms with Gasteiger partial charge in [0.05, 0.1) is 6.04 Å². The smallest absolute Gasteiger partial charge is 0.0536 e. The number of allylic oxidation sites excluding steroid dienone is 2. The predicted molar refractivity (Wildman–Crippen MR) is 86.3 cm³/mol. The molecule has 5 rings (SSSR count). The molecule has 1 fully saturated rings. The van der Waals surface area contributed by atoms with E-state index in [0.717, 1.165) is 11.8 Å². The summed E-state index contributed by atoms with van der Waals surface area (Å²) in [6.07, 6.45) is 6.28. The average molecular weight is 278 g/mol. The van der Waals surface area contributed by atoms with E-state index in [1.54, 1.807) is 11.1 Å². The van der Waals surface area contributed by atoms with Gasteiger partial charge in [0, 0.05) is 29.7 Å². The van der Waals surface area contributed by atoms with Crippen LogP contribution in [-0.4, -0.2) is 23.0 Å². The largest absolute Gasteiger partial charge is 0.357 e. The highest BCUT2D eigenvalue weighted by Crippen LogP contribution is 2.50. The van der Waals surface area contributed by atoms with E-state index in [1.165, 1.54) is 48.9 Å². The summed E-state index contributed by atoms with van der Waals surface area (Å²) in [7, 11) is 0. The maximum atomic E-state index is 3.77. The zero-order chi connectivity index (χ0) is 14.0. The predicted octanol–water partition coefficient (Wildman–Crippen LogP) is 4.05. The van der Waals surface area contributed by atoms with E-state index in [2.05, 4.69) is 47.1 Å². The molecule has 2 nitrogen and oxygen atoms in total. The van der Waals surface area contributed by atoms with Gasteiger partial charge in [0.15, 0.2) is 0 Å². The Morgan fingerprint density at radius 3 is 3.10 bits per heavy atom. The number of nitrogens with zero attached hydrogens (tertiary/aromatic N) is 1. The minimum absolute atomic E-state index is 0.635. The zero-order valence-corrected chi connectivity index (χ0v) is 12.6. The molecule has 21 heavy (non-hydrogen) atoms. The second-order valence-electron chi connectivity index (χ2n) is 7.17. The van der Waals surface area contributed by atoms with Crippen LogP contribution in [0.5, 0.6) is 0 Å². The molecular formula is C19H22N2. The quantitative estimate of drug-likeness (QED) is 0.720. The molecule has 3 atom stereocenters. The van der Waals surface area contributed by atoms with E-state index in [4.69, 9.17) is 0 Å². The zero-order valence-electron chi connectivity index (χ0n) is 12.6. The number of rotatable bonds is 0. The highest BCUT2D eigenvalue weighted by Gasteiger charge is 2.46. The number of benzene rings is 1. The summed E-state index contributed by atoms with van der Waals surface area (Å²) in [5, 5.41) is 1.46. The first kappa shape index (κ1) is 12.0. The molecular weight excluding hydrogens is 256 g/mol. The lowest BCUT2D eigenvalue weighted by Gasteiger charge is -2.33. The lowest BCUT2D eigenvalue weighted by molar-refractivity contribution is 0.211. The van der Waals surface area contributed by atoms with Crippen LogP contribution in [0.1, 0.15) is 37.1 Å². The van der Waals surface area contributed by atoms with Crippen molar-refractivity contribution >= 4 is 10.9 Å². The van der Waals surface area contributed by atoms with Gasteiger partial charge in [-0.05, 0) is 49.7 Å². The third kappa shape index (κ3) is 1.63. The number of fused-ring (bicyclic) bond motifs is 7. The molecule has 0 saturated carbocycles. The monoisotopic (exact) mass is 278 g/mol. The van der Waals surface area contributed by atoms with Crippen LogP contribution < -0.4 is 0 Å². The number of H-pyrrole nitrogens is 1. The van der Waals surface area contributed by atoms with Gasteiger partial charge >= 0.3 is 0 Å². The molecule has 3 heterocycles. The van der Waals surface area contributed by atoms with E-state index >= 15 is 0 Å². The van der Waals surface area contributed by atoms with Gasteiger partial charge in [0.1, 0.15) is 0 Å². The summed E-state index contributed by atoms with van der Waals surface area (Å²) in [4.78, 5) is 6.52. The van der Waals surface area contributed by atoms with Crippen molar-refractivity contribution in [2.75, 3.05) is 13.1 Å². The molecule has 0 radical (unpaired) electrons. The van der Waals surface area contributed by atoms with Crippen LogP contribution in [0.15, 0.2) is 35.9 Å². The van der Waals surface area contributed by atoms with Crippen molar-refractivity contribution in [2.45, 2.75) is 32.2 Å². The summed E-state index contributed by atoms with van der Waals surface area (Å²) in [6, 6.07) is 9.47. The van der Waals surface area contributed by atoms with Crippen LogP contribution in [0.25, 0.3) is 10.9 Å². The van der Waals surface area contributed by atoms with Gasteiger partial charge in [-0.15, -0.1) is 0 Å². The van der Waals surface area contributed by atoms with E-state index in [9.17, 15) is 0 Å². The number of hydrogen-bond acceptors (Lipinski definition) is 1. The highest BCUT2D eigenvalue weighted by atomic mass is 15.2. The maximum absolute atomic E-state index is 3.77. The number of aromatic amines is 1. The summed E-state index contributed by atoms with van der Waals surface area (Å²) in [6.45, 7) is 4.85. The Hall–Kier alpha value is -1.54. The first-order chi connectivity index (χ1) is 10.3. The molecule has 3 aliphatic rings. The van der Waals surface area contributed by atoms with Gasteiger partial charge in [0.25, 0.3) is 0 Å². The molecule has 2 aliphatic heterocycles. The maximum Gasteiger partial charge on any atom is 0.0536 e. The first-order valence-electron chi connectivity index (χ1n) is 8.30. The third-order valence-electron chi connectivity index (χ3n) is 5.99. The third-order valence-corrected chi connectivity index (χ3v) is 5.99. The lowest BCUT2D eigenvalue weighted by Crippen LogP contribution is -2.32. The molecule has 2 aromatic rings. The van der Waals surface area contributed by atoms with Crippen molar-refractivity contribution in [2.24, 2.45) is 11.8 Å². The number of para-hydroxylation sites is 1. The average Bonchev–Trinajstić information content (AvgIpc) is 3.03. The fraction of sp³-hybridized carbons (Fsp3) is 0.474. The summed E-state index contributed by atoms with van der Waals surface area (Å²) in [5.41, 5.74) is 6.06.